The molecule has 1 N–H and O–H groups in total. The maximum atomic E-state index is 12.2. The summed E-state index contributed by atoms with van der Waals surface area (Å²) in [6, 6.07) is 14.9. The van der Waals surface area contributed by atoms with Crippen LogP contribution in [0.5, 0.6) is 11.5 Å². The van der Waals surface area contributed by atoms with Crippen molar-refractivity contribution in [2.24, 2.45) is 0 Å². The fraction of sp³-hybridized carbons (Fsp3) is 0.350. The summed E-state index contributed by atoms with van der Waals surface area (Å²) in [5.41, 5.74) is 1.64. The van der Waals surface area contributed by atoms with Crippen molar-refractivity contribution >= 4 is 5.91 Å². The first-order chi connectivity index (χ1) is 11.4. The molecule has 4 nitrogen and oxygen atoms in total. The maximum absolute atomic E-state index is 12.2. The first-order valence-electron chi connectivity index (χ1n) is 8.24. The highest BCUT2D eigenvalue weighted by Crippen LogP contribution is 2.15. The van der Waals surface area contributed by atoms with E-state index in [1.165, 1.54) is 0 Å². The molecule has 0 atom stereocenters. The summed E-state index contributed by atoms with van der Waals surface area (Å²) in [7, 11) is 0. The highest BCUT2D eigenvalue weighted by Gasteiger charge is 2.06. The van der Waals surface area contributed by atoms with Gasteiger partial charge in [-0.15, -0.1) is 0 Å². The number of carbonyl (C=O) groups is 1. The standard InChI is InChI=1S/C20H25NO3/c1-14(2)23-18-9-5-16(6-10-18)13-21-20(22)17-7-11-19(12-8-17)24-15(3)4/h5-12,14-15H,13H2,1-4H3,(H,21,22). The molecule has 0 fully saturated rings. The van der Waals surface area contributed by atoms with Gasteiger partial charge in [-0.05, 0) is 69.7 Å². The van der Waals surface area contributed by atoms with Gasteiger partial charge in [-0.1, -0.05) is 12.1 Å². The van der Waals surface area contributed by atoms with Gasteiger partial charge in [0.15, 0.2) is 0 Å². The highest BCUT2D eigenvalue weighted by molar-refractivity contribution is 5.94. The second-order valence-electron chi connectivity index (χ2n) is 6.18. The van der Waals surface area contributed by atoms with E-state index in [9.17, 15) is 4.79 Å². The molecule has 0 unspecified atom stereocenters. The number of nitrogens with one attached hydrogen (secondary N) is 1. The van der Waals surface area contributed by atoms with Crippen molar-refractivity contribution in [2.45, 2.75) is 46.4 Å². The topological polar surface area (TPSA) is 47.6 Å². The van der Waals surface area contributed by atoms with Gasteiger partial charge in [0.2, 0.25) is 0 Å². The molecule has 0 spiro atoms. The van der Waals surface area contributed by atoms with Crippen molar-refractivity contribution in [3.8, 4) is 11.5 Å². The van der Waals surface area contributed by atoms with Crippen LogP contribution in [0.15, 0.2) is 48.5 Å². The third kappa shape index (κ3) is 5.61. The van der Waals surface area contributed by atoms with Crippen LogP contribution in [0.2, 0.25) is 0 Å². The molecule has 0 saturated carbocycles. The molecular formula is C20H25NO3. The van der Waals surface area contributed by atoms with Crippen molar-refractivity contribution < 1.29 is 14.3 Å². The number of benzene rings is 2. The Kier molecular flexibility index (Phi) is 6.24. The van der Waals surface area contributed by atoms with Gasteiger partial charge in [0.05, 0.1) is 12.2 Å². The quantitative estimate of drug-likeness (QED) is 0.829. The van der Waals surface area contributed by atoms with Crippen molar-refractivity contribution in [1.82, 2.24) is 5.32 Å². The molecule has 2 aromatic carbocycles. The molecule has 24 heavy (non-hydrogen) atoms. The van der Waals surface area contributed by atoms with Crippen LogP contribution in [0.25, 0.3) is 0 Å². The van der Waals surface area contributed by atoms with Crippen molar-refractivity contribution in [2.75, 3.05) is 0 Å². The van der Waals surface area contributed by atoms with Gasteiger partial charge < -0.3 is 14.8 Å². The minimum atomic E-state index is -0.103. The summed E-state index contributed by atoms with van der Waals surface area (Å²) in [5.74, 6) is 1.50. The van der Waals surface area contributed by atoms with E-state index in [0.717, 1.165) is 17.1 Å². The minimum Gasteiger partial charge on any atom is -0.491 e. The van der Waals surface area contributed by atoms with Crippen LogP contribution in [0.4, 0.5) is 0 Å². The van der Waals surface area contributed by atoms with E-state index in [4.69, 9.17) is 9.47 Å². The van der Waals surface area contributed by atoms with Crippen LogP contribution in [-0.4, -0.2) is 18.1 Å². The van der Waals surface area contributed by atoms with E-state index in [2.05, 4.69) is 5.32 Å². The van der Waals surface area contributed by atoms with Crippen LogP contribution in [0.3, 0.4) is 0 Å². The molecule has 0 saturated heterocycles. The lowest BCUT2D eigenvalue weighted by atomic mass is 10.2. The normalized spacial score (nSPS) is 10.8. The van der Waals surface area contributed by atoms with Crippen LogP contribution >= 0.6 is 0 Å². The predicted molar refractivity (Wildman–Crippen MR) is 95.6 cm³/mol. The lowest BCUT2D eigenvalue weighted by molar-refractivity contribution is 0.0951. The molecule has 0 aliphatic heterocycles. The van der Waals surface area contributed by atoms with E-state index in [1.54, 1.807) is 12.1 Å². The molecule has 2 rings (SSSR count). The lowest BCUT2D eigenvalue weighted by Gasteiger charge is -2.11. The van der Waals surface area contributed by atoms with E-state index in [0.29, 0.717) is 12.1 Å². The zero-order chi connectivity index (χ0) is 17.5. The smallest absolute Gasteiger partial charge is 0.251 e. The van der Waals surface area contributed by atoms with Gasteiger partial charge >= 0.3 is 0 Å². The van der Waals surface area contributed by atoms with Gasteiger partial charge in [-0.3, -0.25) is 4.79 Å². The number of hydrogen-bond donors (Lipinski definition) is 1. The van der Waals surface area contributed by atoms with E-state index in [1.807, 2.05) is 64.1 Å². The van der Waals surface area contributed by atoms with Crippen LogP contribution in [0, 0.1) is 0 Å². The first kappa shape index (κ1) is 17.9. The molecule has 1 amide bonds. The summed E-state index contributed by atoms with van der Waals surface area (Å²) in [4.78, 5) is 12.2. The Hall–Kier alpha value is -2.49. The van der Waals surface area contributed by atoms with Gasteiger partial charge in [0, 0.05) is 12.1 Å². The highest BCUT2D eigenvalue weighted by atomic mass is 16.5. The molecule has 0 aliphatic carbocycles. The Morgan fingerprint density at radius 2 is 1.29 bits per heavy atom. The summed E-state index contributed by atoms with van der Waals surface area (Å²) in [6.45, 7) is 8.40. The molecule has 0 bridgehead atoms. The van der Waals surface area contributed by atoms with Gasteiger partial charge in [-0.25, -0.2) is 0 Å². The fourth-order valence-corrected chi connectivity index (χ4v) is 2.20. The molecule has 0 radical (unpaired) electrons. The third-order valence-electron chi connectivity index (χ3n) is 3.24. The van der Waals surface area contributed by atoms with Crippen LogP contribution in [-0.2, 0) is 6.54 Å². The molecule has 0 aromatic heterocycles. The zero-order valence-electron chi connectivity index (χ0n) is 14.7. The van der Waals surface area contributed by atoms with Gasteiger partial charge in [0.1, 0.15) is 11.5 Å². The third-order valence-corrected chi connectivity index (χ3v) is 3.24. The van der Waals surface area contributed by atoms with Crippen molar-refractivity contribution in [1.29, 1.82) is 0 Å². The van der Waals surface area contributed by atoms with E-state index in [-0.39, 0.29) is 18.1 Å². The number of amides is 1. The number of ether oxygens (including phenoxy) is 2. The fourth-order valence-electron chi connectivity index (χ4n) is 2.20. The summed E-state index contributed by atoms with van der Waals surface area (Å²) in [5, 5.41) is 2.92. The Labute approximate surface area is 143 Å². The second-order valence-corrected chi connectivity index (χ2v) is 6.18. The van der Waals surface area contributed by atoms with Crippen LogP contribution in [0.1, 0.15) is 43.6 Å². The SMILES string of the molecule is CC(C)Oc1ccc(CNC(=O)c2ccc(OC(C)C)cc2)cc1. The van der Waals surface area contributed by atoms with Crippen molar-refractivity contribution in [3.63, 3.8) is 0 Å². The molecule has 4 heteroatoms. The lowest BCUT2D eigenvalue weighted by Crippen LogP contribution is -2.22. The van der Waals surface area contributed by atoms with Crippen molar-refractivity contribution in [3.05, 3.63) is 59.7 Å². The summed E-state index contributed by atoms with van der Waals surface area (Å²) < 4.78 is 11.2. The van der Waals surface area contributed by atoms with Gasteiger partial charge in [-0.2, -0.15) is 0 Å². The Morgan fingerprint density at radius 1 is 0.833 bits per heavy atom. The van der Waals surface area contributed by atoms with Gasteiger partial charge in [0.25, 0.3) is 5.91 Å². The summed E-state index contributed by atoms with van der Waals surface area (Å²) >= 11 is 0. The van der Waals surface area contributed by atoms with E-state index < -0.39 is 0 Å². The Morgan fingerprint density at radius 3 is 1.75 bits per heavy atom. The molecule has 0 aliphatic rings. The molecular weight excluding hydrogens is 302 g/mol. The molecule has 2 aromatic rings. The Balaban J connectivity index is 1.88. The number of hydrogen-bond acceptors (Lipinski definition) is 3. The summed E-state index contributed by atoms with van der Waals surface area (Å²) in [6.07, 6.45) is 0.269. The van der Waals surface area contributed by atoms with E-state index >= 15 is 0 Å². The molecule has 0 heterocycles. The largest absolute Gasteiger partial charge is 0.491 e. The minimum absolute atomic E-state index is 0.103. The number of carbonyl (C=O) groups excluding carboxylic acids is 1. The first-order valence-corrected chi connectivity index (χ1v) is 8.24. The second kappa shape index (κ2) is 8.39. The Bertz CT molecular complexity index is 646. The average molecular weight is 327 g/mol. The maximum Gasteiger partial charge on any atom is 0.251 e. The predicted octanol–water partition coefficient (Wildman–Crippen LogP) is 4.19. The number of rotatable bonds is 7. The van der Waals surface area contributed by atoms with Crippen LogP contribution < -0.4 is 14.8 Å². The molecule has 128 valence electrons. The monoisotopic (exact) mass is 327 g/mol. The average Bonchev–Trinajstić information content (AvgIpc) is 2.53. The zero-order valence-corrected chi connectivity index (χ0v) is 14.7.